The Morgan fingerprint density at radius 2 is 1.89 bits per heavy atom. The highest BCUT2D eigenvalue weighted by Crippen LogP contribution is 2.42. The number of fused-ring (bicyclic) bond motifs is 1. The van der Waals surface area contributed by atoms with E-state index in [-0.39, 0.29) is 0 Å². The number of anilines is 1. The zero-order valence-electron chi connectivity index (χ0n) is 15.9. The van der Waals surface area contributed by atoms with Crippen LogP contribution in [0.1, 0.15) is 54.7 Å². The third kappa shape index (κ3) is 3.18. The van der Waals surface area contributed by atoms with Gasteiger partial charge in [0.05, 0.1) is 6.20 Å². The maximum absolute atomic E-state index is 5.48. The average molecular weight is 367 g/mol. The van der Waals surface area contributed by atoms with Gasteiger partial charge < -0.3 is 9.42 Å². The van der Waals surface area contributed by atoms with E-state index < -0.39 is 0 Å². The summed E-state index contributed by atoms with van der Waals surface area (Å²) in [6.07, 6.45) is 6.52. The first-order chi connectivity index (χ1) is 13.2. The van der Waals surface area contributed by atoms with Gasteiger partial charge in [0.25, 0.3) is 0 Å². The lowest BCUT2D eigenvalue weighted by molar-refractivity contribution is 0.199. The maximum atomic E-state index is 5.48. The number of piperidine rings is 1. The fourth-order valence-corrected chi connectivity index (χ4v) is 3.95. The smallest absolute Gasteiger partial charge is 0.178 e. The van der Waals surface area contributed by atoms with E-state index in [4.69, 9.17) is 9.62 Å². The molecule has 0 unspecified atom stereocenters. The normalized spacial score (nSPS) is 19.0. The molecule has 0 atom stereocenters. The molecule has 0 aromatic carbocycles. The van der Waals surface area contributed by atoms with Crippen LogP contribution in [0.25, 0.3) is 5.65 Å². The van der Waals surface area contributed by atoms with Crippen LogP contribution in [0.3, 0.4) is 0 Å². The molecule has 1 saturated heterocycles. The van der Waals surface area contributed by atoms with E-state index in [9.17, 15) is 0 Å². The van der Waals surface area contributed by atoms with Gasteiger partial charge in [0.1, 0.15) is 11.6 Å². The van der Waals surface area contributed by atoms with E-state index in [1.807, 2.05) is 41.8 Å². The molecule has 142 valence electrons. The molecular formula is C19H25N7O. The fraction of sp³-hybridized carbons (Fsp3) is 0.579. The summed E-state index contributed by atoms with van der Waals surface area (Å²) >= 11 is 0. The molecular weight excluding hydrogens is 342 g/mol. The predicted molar refractivity (Wildman–Crippen MR) is 101 cm³/mol. The molecule has 0 amide bonds. The van der Waals surface area contributed by atoms with Crippen molar-refractivity contribution in [2.75, 3.05) is 32.1 Å². The Morgan fingerprint density at radius 1 is 1.07 bits per heavy atom. The molecule has 0 spiro atoms. The summed E-state index contributed by atoms with van der Waals surface area (Å²) in [6, 6.07) is 3.96. The zero-order chi connectivity index (χ0) is 18.4. The van der Waals surface area contributed by atoms with E-state index in [1.165, 1.54) is 18.4 Å². The molecule has 3 aromatic rings. The molecule has 2 fully saturated rings. The summed E-state index contributed by atoms with van der Waals surface area (Å²) in [5, 5.41) is 17.5. The zero-order valence-corrected chi connectivity index (χ0v) is 15.9. The van der Waals surface area contributed by atoms with Gasteiger partial charge in [-0.2, -0.15) is 4.52 Å². The number of hydrogen-bond donors (Lipinski definition) is 0. The summed E-state index contributed by atoms with van der Waals surface area (Å²) in [5.41, 5.74) is 2.08. The van der Waals surface area contributed by atoms with E-state index in [1.54, 1.807) is 0 Å². The van der Waals surface area contributed by atoms with E-state index >= 15 is 0 Å². The Labute approximate surface area is 158 Å². The first-order valence-corrected chi connectivity index (χ1v) is 9.74. The van der Waals surface area contributed by atoms with Crippen molar-refractivity contribution in [3.8, 4) is 0 Å². The van der Waals surface area contributed by atoms with Crippen molar-refractivity contribution in [3.63, 3.8) is 0 Å². The molecule has 1 aliphatic carbocycles. The van der Waals surface area contributed by atoms with Crippen molar-refractivity contribution >= 4 is 11.5 Å². The van der Waals surface area contributed by atoms with Crippen molar-refractivity contribution in [2.45, 2.75) is 44.1 Å². The number of aromatic nitrogens is 5. The maximum Gasteiger partial charge on any atom is 0.178 e. The van der Waals surface area contributed by atoms with Crippen molar-refractivity contribution < 1.29 is 4.52 Å². The van der Waals surface area contributed by atoms with Gasteiger partial charge in [-0.25, -0.2) is 0 Å². The average Bonchev–Trinajstić information content (AvgIpc) is 3.27. The van der Waals surface area contributed by atoms with Gasteiger partial charge in [0, 0.05) is 38.0 Å². The molecule has 5 rings (SSSR count). The van der Waals surface area contributed by atoms with Crippen molar-refractivity contribution in [1.82, 2.24) is 29.9 Å². The Hall–Kier alpha value is -2.48. The first kappa shape index (κ1) is 16.7. The standard InChI is InChI=1S/C19H25N7O/c1-24(2)17-6-5-16-21-22-19(26(16)23-17)14-7-9-25(10-8-14)12-15-11-20-27-18(15)13-3-4-13/h5-6,11,13-14H,3-4,7-10,12H2,1-2H3. The minimum absolute atomic E-state index is 0.395. The van der Waals surface area contributed by atoms with Gasteiger partial charge in [-0.3, -0.25) is 4.90 Å². The highest BCUT2D eigenvalue weighted by atomic mass is 16.5. The number of hydrogen-bond acceptors (Lipinski definition) is 7. The van der Waals surface area contributed by atoms with Gasteiger partial charge >= 0.3 is 0 Å². The molecule has 27 heavy (non-hydrogen) atoms. The second kappa shape index (κ2) is 6.60. The molecule has 3 aromatic heterocycles. The van der Waals surface area contributed by atoms with Crippen molar-refractivity contribution in [2.24, 2.45) is 0 Å². The summed E-state index contributed by atoms with van der Waals surface area (Å²) in [4.78, 5) is 4.50. The molecule has 0 radical (unpaired) electrons. The summed E-state index contributed by atoms with van der Waals surface area (Å²) in [7, 11) is 3.99. The monoisotopic (exact) mass is 367 g/mol. The second-order valence-electron chi connectivity index (χ2n) is 7.95. The molecule has 4 heterocycles. The summed E-state index contributed by atoms with van der Waals surface area (Å²) in [6.45, 7) is 3.02. The van der Waals surface area contributed by atoms with Crippen LogP contribution in [0.2, 0.25) is 0 Å². The molecule has 0 N–H and O–H groups in total. The lowest BCUT2D eigenvalue weighted by Crippen LogP contribution is -2.33. The van der Waals surface area contributed by atoms with Gasteiger partial charge in [0.15, 0.2) is 11.5 Å². The molecule has 1 saturated carbocycles. The number of rotatable bonds is 5. The summed E-state index contributed by atoms with van der Waals surface area (Å²) < 4.78 is 7.40. The van der Waals surface area contributed by atoms with E-state index in [0.717, 1.165) is 55.5 Å². The van der Waals surface area contributed by atoms with E-state index in [2.05, 4.69) is 20.3 Å². The van der Waals surface area contributed by atoms with Crippen LogP contribution in [0, 0.1) is 0 Å². The quantitative estimate of drug-likeness (QED) is 0.685. The Morgan fingerprint density at radius 3 is 2.63 bits per heavy atom. The number of nitrogens with zero attached hydrogens (tertiary/aromatic N) is 7. The van der Waals surface area contributed by atoms with Gasteiger partial charge in [-0.05, 0) is 50.9 Å². The molecule has 8 heteroatoms. The van der Waals surface area contributed by atoms with Gasteiger partial charge in [0.2, 0.25) is 0 Å². The second-order valence-corrected chi connectivity index (χ2v) is 7.95. The first-order valence-electron chi connectivity index (χ1n) is 9.74. The van der Waals surface area contributed by atoms with Crippen LogP contribution in [0.4, 0.5) is 5.82 Å². The molecule has 1 aliphatic heterocycles. The topological polar surface area (TPSA) is 75.6 Å². The number of likely N-dealkylation sites (tertiary alicyclic amines) is 1. The lowest BCUT2D eigenvalue weighted by Gasteiger charge is -2.30. The highest BCUT2D eigenvalue weighted by Gasteiger charge is 2.31. The molecule has 2 aliphatic rings. The third-order valence-corrected chi connectivity index (χ3v) is 5.70. The minimum Gasteiger partial charge on any atom is -0.361 e. The van der Waals surface area contributed by atoms with Crippen LogP contribution in [-0.2, 0) is 6.54 Å². The lowest BCUT2D eigenvalue weighted by atomic mass is 9.95. The van der Waals surface area contributed by atoms with Crippen LogP contribution >= 0.6 is 0 Å². The minimum atomic E-state index is 0.395. The Kier molecular flexibility index (Phi) is 4.07. The van der Waals surface area contributed by atoms with Crippen LogP contribution in [-0.4, -0.2) is 57.1 Å². The van der Waals surface area contributed by atoms with Gasteiger partial charge in [-0.15, -0.1) is 15.3 Å². The Balaban J connectivity index is 1.28. The van der Waals surface area contributed by atoms with Gasteiger partial charge in [-0.1, -0.05) is 5.16 Å². The summed E-state index contributed by atoms with van der Waals surface area (Å²) in [5.74, 6) is 4.02. The van der Waals surface area contributed by atoms with E-state index in [0.29, 0.717) is 11.8 Å². The van der Waals surface area contributed by atoms with Crippen LogP contribution in [0.15, 0.2) is 22.9 Å². The molecule has 8 nitrogen and oxygen atoms in total. The Bertz CT molecular complexity index is 935. The fourth-order valence-electron chi connectivity index (χ4n) is 3.95. The predicted octanol–water partition coefficient (Wildman–Crippen LogP) is 2.44. The molecule has 0 bridgehead atoms. The van der Waals surface area contributed by atoms with Crippen LogP contribution < -0.4 is 4.90 Å². The highest BCUT2D eigenvalue weighted by molar-refractivity contribution is 5.45. The van der Waals surface area contributed by atoms with Crippen LogP contribution in [0.5, 0.6) is 0 Å². The largest absolute Gasteiger partial charge is 0.361 e. The SMILES string of the molecule is CN(C)c1ccc2nnc(C3CCN(Cc4cnoc4C4CC4)CC3)n2n1. The van der Waals surface area contributed by atoms with Crippen molar-refractivity contribution in [1.29, 1.82) is 0 Å². The van der Waals surface area contributed by atoms with Crippen molar-refractivity contribution in [3.05, 3.63) is 35.5 Å². The third-order valence-electron chi connectivity index (χ3n) is 5.70.